The van der Waals surface area contributed by atoms with Gasteiger partial charge in [-0.3, -0.25) is 0 Å². The zero-order valence-electron chi connectivity index (χ0n) is 11.1. The van der Waals surface area contributed by atoms with Crippen molar-refractivity contribution < 1.29 is 9.26 Å². The number of benzene rings is 1. The third-order valence-electron chi connectivity index (χ3n) is 2.99. The second-order valence-corrected chi connectivity index (χ2v) is 6.23. The van der Waals surface area contributed by atoms with Gasteiger partial charge < -0.3 is 0 Å². The maximum absolute atomic E-state index is 5.22. The van der Waals surface area contributed by atoms with Gasteiger partial charge in [0.25, 0.3) is 0 Å². The molecule has 102 valence electrons. The Kier molecular flexibility index (Phi) is 3.64. The number of aromatic nitrogens is 2. The monoisotopic (exact) mass is 348 g/mol. The molecule has 1 aromatic carbocycles. The molecule has 0 radical (unpaired) electrons. The Morgan fingerprint density at radius 1 is 1.25 bits per heavy atom. The Balaban J connectivity index is 1.97. The molecule has 0 bridgehead atoms. The van der Waals surface area contributed by atoms with Crippen molar-refractivity contribution in [1.82, 2.24) is 10.1 Å². The molecule has 1 unspecified atom stereocenters. The van der Waals surface area contributed by atoms with Crippen LogP contribution in [-0.4, -0.2) is 34.1 Å². The molecule has 0 saturated heterocycles. The molecule has 0 N–H and O–H groups in total. The van der Waals surface area contributed by atoms with Gasteiger partial charge in [-0.25, -0.2) is 0 Å². The van der Waals surface area contributed by atoms with Crippen LogP contribution in [0, 0.1) is 6.92 Å². The van der Waals surface area contributed by atoms with E-state index in [-0.39, 0.29) is 0 Å². The predicted molar refractivity (Wildman–Crippen MR) is 82.5 cm³/mol. The zero-order chi connectivity index (χ0) is 14.1. The summed E-state index contributed by atoms with van der Waals surface area (Å²) < 4.78 is 11.3. The van der Waals surface area contributed by atoms with E-state index in [1.807, 2.05) is 31.2 Å². The van der Waals surface area contributed by atoms with E-state index in [2.05, 4.69) is 15.5 Å². The summed E-state index contributed by atoms with van der Waals surface area (Å²) in [6, 6.07) is 7.89. The van der Waals surface area contributed by atoms with E-state index in [4.69, 9.17) is 9.26 Å². The van der Waals surface area contributed by atoms with Crippen molar-refractivity contribution >= 4 is 32.7 Å². The van der Waals surface area contributed by atoms with Gasteiger partial charge in [0.15, 0.2) is 0 Å². The normalized spacial score (nSPS) is 10.8. The van der Waals surface area contributed by atoms with Gasteiger partial charge in [0.05, 0.1) is 0 Å². The van der Waals surface area contributed by atoms with Crippen LogP contribution < -0.4 is 9.28 Å². The molecule has 0 aliphatic heterocycles. The Labute approximate surface area is 129 Å². The van der Waals surface area contributed by atoms with Gasteiger partial charge in [0, 0.05) is 0 Å². The fourth-order valence-corrected chi connectivity index (χ4v) is 3.91. The van der Waals surface area contributed by atoms with Crippen molar-refractivity contribution in [3.63, 3.8) is 0 Å². The molecule has 6 heteroatoms. The van der Waals surface area contributed by atoms with Crippen molar-refractivity contribution in [3.05, 3.63) is 35.3 Å². The average Bonchev–Trinajstić information content (AvgIpc) is 3.06. The molecule has 3 rings (SSSR count). The summed E-state index contributed by atoms with van der Waals surface area (Å²) in [7, 11) is 1.66. The second kappa shape index (κ2) is 5.43. The van der Waals surface area contributed by atoms with Crippen LogP contribution in [0.2, 0.25) is 0 Å². The van der Waals surface area contributed by atoms with Crippen LogP contribution in [0.15, 0.2) is 34.2 Å². The molecule has 0 spiro atoms. The van der Waals surface area contributed by atoms with Gasteiger partial charge in [-0.1, -0.05) is 0 Å². The third kappa shape index (κ3) is 2.39. The molecule has 0 saturated carbocycles. The number of rotatable bonds is 3. The molecule has 2 heterocycles. The minimum absolute atomic E-state index is 0.845. The fourth-order valence-electron chi connectivity index (χ4n) is 1.93. The van der Waals surface area contributed by atoms with Crippen molar-refractivity contribution in [1.29, 1.82) is 0 Å². The Morgan fingerprint density at radius 3 is 2.60 bits per heavy atom. The molecule has 2 aromatic heterocycles. The average molecular weight is 348 g/mol. The van der Waals surface area contributed by atoms with Crippen LogP contribution in [0.3, 0.4) is 0 Å². The van der Waals surface area contributed by atoms with Crippen LogP contribution in [0.1, 0.15) is 5.69 Å². The number of aryl methyl sites for hydroxylation is 1. The second-order valence-electron chi connectivity index (χ2n) is 4.27. The first-order valence-electron chi connectivity index (χ1n) is 6.01. The minimum atomic E-state index is 0.845. The standard InChI is InChI=1S/C14H13AsN2O2S/c1-8-12(13(15)19-17-8)14-16-11(7-20-14)9-3-5-10(18-2)6-4-9/h3-7H,15H2,1-2H3. The number of thiazole rings is 1. The van der Waals surface area contributed by atoms with Gasteiger partial charge in [-0.05, 0) is 0 Å². The molecular formula is C14H13AsN2O2S. The van der Waals surface area contributed by atoms with Crippen LogP contribution >= 0.6 is 11.3 Å². The van der Waals surface area contributed by atoms with Gasteiger partial charge in [0.1, 0.15) is 0 Å². The first-order chi connectivity index (χ1) is 9.69. The van der Waals surface area contributed by atoms with Crippen molar-refractivity contribution in [2.45, 2.75) is 6.92 Å². The Bertz CT molecular complexity index is 714. The fraction of sp³-hybridized carbons (Fsp3) is 0.143. The molecule has 0 fully saturated rings. The van der Waals surface area contributed by atoms with Gasteiger partial charge in [0.2, 0.25) is 0 Å². The van der Waals surface area contributed by atoms with E-state index >= 15 is 0 Å². The Hall–Kier alpha value is -1.58. The van der Waals surface area contributed by atoms with Crippen LogP contribution in [-0.2, 0) is 0 Å². The molecule has 0 amide bonds. The summed E-state index contributed by atoms with van der Waals surface area (Å²) in [5.74, 6) is 0.845. The predicted octanol–water partition coefficient (Wildman–Crippen LogP) is 2.04. The van der Waals surface area contributed by atoms with Crippen LogP contribution in [0.25, 0.3) is 21.8 Å². The zero-order valence-corrected chi connectivity index (χ0v) is 14.3. The van der Waals surface area contributed by atoms with E-state index in [1.165, 1.54) is 16.9 Å². The molecule has 1 atom stereocenters. The molecule has 20 heavy (non-hydrogen) atoms. The summed E-state index contributed by atoms with van der Waals surface area (Å²) in [5.41, 5.74) is 3.94. The summed E-state index contributed by atoms with van der Waals surface area (Å²) >= 11 is 3.03. The molecule has 3 aromatic rings. The third-order valence-corrected chi connectivity index (χ3v) is 4.68. The van der Waals surface area contributed by atoms with E-state index < -0.39 is 0 Å². The SMILES string of the molecule is COc1ccc(-c2csc(-c3c(C)noc3[AsH2])n2)cc1. The van der Waals surface area contributed by atoms with Crippen LogP contribution in [0.5, 0.6) is 5.75 Å². The maximum atomic E-state index is 5.22. The van der Waals surface area contributed by atoms with E-state index in [0.29, 0.717) is 0 Å². The summed E-state index contributed by atoms with van der Waals surface area (Å²) in [5, 5.41) is 6.99. The van der Waals surface area contributed by atoms with Crippen molar-refractivity contribution in [2.24, 2.45) is 0 Å². The number of hydrogen-bond acceptors (Lipinski definition) is 5. The van der Waals surface area contributed by atoms with E-state index in [9.17, 15) is 0 Å². The summed E-state index contributed by atoms with van der Waals surface area (Å²) in [6.07, 6.45) is 0. The molecular weight excluding hydrogens is 335 g/mol. The van der Waals surface area contributed by atoms with Gasteiger partial charge >= 0.3 is 129 Å². The van der Waals surface area contributed by atoms with Gasteiger partial charge in [-0.15, -0.1) is 0 Å². The first-order valence-corrected chi connectivity index (χ1v) is 8.10. The number of ether oxygens (including phenoxy) is 1. The number of nitrogens with zero attached hydrogens (tertiary/aromatic N) is 2. The number of hydrogen-bond donors (Lipinski definition) is 0. The summed E-state index contributed by atoms with van der Waals surface area (Å²) in [4.78, 5) is 4.69. The molecule has 0 aliphatic rings. The summed E-state index contributed by atoms with van der Waals surface area (Å²) in [6.45, 7) is 1.94. The quantitative estimate of drug-likeness (QED) is 0.680. The molecule has 0 aliphatic carbocycles. The van der Waals surface area contributed by atoms with Crippen molar-refractivity contribution in [2.75, 3.05) is 7.11 Å². The first kappa shape index (κ1) is 13.4. The topological polar surface area (TPSA) is 48.2 Å². The molecule has 4 nitrogen and oxygen atoms in total. The van der Waals surface area contributed by atoms with Gasteiger partial charge in [-0.2, -0.15) is 0 Å². The van der Waals surface area contributed by atoms with E-state index in [0.717, 1.165) is 37.8 Å². The van der Waals surface area contributed by atoms with Crippen LogP contribution in [0.4, 0.5) is 0 Å². The Morgan fingerprint density at radius 2 is 2.00 bits per heavy atom. The van der Waals surface area contributed by atoms with E-state index in [1.54, 1.807) is 18.4 Å². The van der Waals surface area contributed by atoms with Crippen molar-refractivity contribution in [3.8, 4) is 27.6 Å². The number of methoxy groups -OCH3 is 1.